The summed E-state index contributed by atoms with van der Waals surface area (Å²) in [5.41, 5.74) is 2.70. The Morgan fingerprint density at radius 3 is 2.68 bits per heavy atom. The van der Waals surface area contributed by atoms with Gasteiger partial charge in [0.25, 0.3) is 0 Å². The summed E-state index contributed by atoms with van der Waals surface area (Å²) in [6, 6.07) is 0.0425. The molecule has 11 nitrogen and oxygen atoms in total. The molecule has 0 bridgehead atoms. The van der Waals surface area contributed by atoms with E-state index in [-0.39, 0.29) is 11.7 Å². The van der Waals surface area contributed by atoms with Crippen molar-refractivity contribution in [3.63, 3.8) is 0 Å². The number of hydrogen-bond acceptors (Lipinski definition) is 8. The highest BCUT2D eigenvalue weighted by molar-refractivity contribution is 5.87. The Kier molecular flexibility index (Phi) is 4.42. The van der Waals surface area contributed by atoms with Crippen molar-refractivity contribution in [2.75, 3.05) is 44.4 Å². The molecule has 6 rings (SSSR count). The van der Waals surface area contributed by atoms with Gasteiger partial charge in [0.2, 0.25) is 0 Å². The molecule has 0 saturated carbocycles. The maximum atomic E-state index is 13.0. The first-order valence-corrected chi connectivity index (χ1v) is 10.5. The maximum absolute atomic E-state index is 13.0. The van der Waals surface area contributed by atoms with Gasteiger partial charge in [-0.15, -0.1) is 0 Å². The molecule has 0 unspecified atom stereocenters. The predicted molar refractivity (Wildman–Crippen MR) is 112 cm³/mol. The first-order valence-electron chi connectivity index (χ1n) is 10.5. The molecule has 4 aromatic heterocycles. The standard InChI is InChI=1S/C20H22N8O3/c29-20-23-16-18(26-5-9-31-10-6-26)24-17(14-11-22-27-4-3-21-12-15(14)27)25-19(16)28(20)13-1-7-30-8-2-13/h3-4,11-13H,1-2,5-10H2,(H,23,29). The van der Waals surface area contributed by atoms with Crippen molar-refractivity contribution >= 4 is 22.5 Å². The Morgan fingerprint density at radius 1 is 1.03 bits per heavy atom. The average Bonchev–Trinajstić information content (AvgIpc) is 3.40. The number of morpholine rings is 1. The summed E-state index contributed by atoms with van der Waals surface area (Å²) in [4.78, 5) is 32.2. The maximum Gasteiger partial charge on any atom is 0.328 e. The minimum absolute atomic E-state index is 0.0425. The largest absolute Gasteiger partial charge is 0.381 e. The van der Waals surface area contributed by atoms with Crippen molar-refractivity contribution in [1.82, 2.24) is 34.1 Å². The first-order chi connectivity index (χ1) is 15.3. The van der Waals surface area contributed by atoms with E-state index in [1.807, 2.05) is 0 Å². The molecular weight excluding hydrogens is 400 g/mol. The lowest BCUT2D eigenvalue weighted by atomic mass is 10.1. The monoisotopic (exact) mass is 422 g/mol. The van der Waals surface area contributed by atoms with Gasteiger partial charge in [0.05, 0.1) is 36.7 Å². The lowest BCUT2D eigenvalue weighted by Gasteiger charge is -2.28. The molecule has 2 fully saturated rings. The Labute approximate surface area is 176 Å². The lowest BCUT2D eigenvalue weighted by molar-refractivity contribution is 0.0697. The van der Waals surface area contributed by atoms with E-state index in [1.54, 1.807) is 33.9 Å². The summed E-state index contributed by atoms with van der Waals surface area (Å²) in [6.07, 6.45) is 8.51. The fourth-order valence-corrected chi connectivity index (χ4v) is 4.40. The van der Waals surface area contributed by atoms with Gasteiger partial charge >= 0.3 is 5.69 Å². The van der Waals surface area contributed by atoms with E-state index in [1.165, 1.54) is 0 Å². The zero-order chi connectivity index (χ0) is 20.8. The number of aromatic amines is 1. The van der Waals surface area contributed by atoms with Gasteiger partial charge in [-0.2, -0.15) is 5.10 Å². The molecule has 0 aromatic carbocycles. The zero-order valence-electron chi connectivity index (χ0n) is 16.9. The third-order valence-corrected chi connectivity index (χ3v) is 5.98. The van der Waals surface area contributed by atoms with Crippen molar-refractivity contribution < 1.29 is 9.47 Å². The molecule has 6 heterocycles. The fraction of sp³-hybridized carbons (Fsp3) is 0.450. The van der Waals surface area contributed by atoms with Crippen molar-refractivity contribution in [1.29, 1.82) is 0 Å². The molecule has 2 aliphatic heterocycles. The van der Waals surface area contributed by atoms with Crippen molar-refractivity contribution in [3.8, 4) is 11.4 Å². The van der Waals surface area contributed by atoms with Crippen LogP contribution in [-0.4, -0.2) is 73.6 Å². The van der Waals surface area contributed by atoms with E-state index in [9.17, 15) is 4.79 Å². The number of nitrogens with one attached hydrogen (secondary N) is 1. The third kappa shape index (κ3) is 3.08. The third-order valence-electron chi connectivity index (χ3n) is 5.98. The molecule has 0 atom stereocenters. The van der Waals surface area contributed by atoms with Gasteiger partial charge in [-0.05, 0) is 12.8 Å². The van der Waals surface area contributed by atoms with Crippen molar-refractivity contribution in [2.45, 2.75) is 18.9 Å². The molecule has 0 spiro atoms. The van der Waals surface area contributed by atoms with Gasteiger partial charge in [-0.25, -0.2) is 19.3 Å². The number of rotatable bonds is 3. The molecule has 4 aromatic rings. The molecule has 160 valence electrons. The Bertz CT molecular complexity index is 1300. The number of aromatic nitrogens is 7. The van der Waals surface area contributed by atoms with Crippen LogP contribution in [0.2, 0.25) is 0 Å². The highest BCUT2D eigenvalue weighted by Crippen LogP contribution is 2.31. The van der Waals surface area contributed by atoms with E-state index < -0.39 is 0 Å². The highest BCUT2D eigenvalue weighted by atomic mass is 16.5. The average molecular weight is 422 g/mol. The summed E-state index contributed by atoms with van der Waals surface area (Å²) in [7, 11) is 0. The number of anilines is 1. The van der Waals surface area contributed by atoms with Crippen molar-refractivity contribution in [2.24, 2.45) is 0 Å². The van der Waals surface area contributed by atoms with Crippen LogP contribution in [0.15, 0.2) is 29.6 Å². The number of nitrogens with zero attached hydrogens (tertiary/aromatic N) is 7. The van der Waals surface area contributed by atoms with Crippen LogP contribution < -0.4 is 10.6 Å². The summed E-state index contributed by atoms with van der Waals surface area (Å²) in [5.74, 6) is 1.24. The van der Waals surface area contributed by atoms with Gasteiger partial charge in [0, 0.05) is 44.7 Å². The topological polar surface area (TPSA) is 115 Å². The highest BCUT2D eigenvalue weighted by Gasteiger charge is 2.26. The van der Waals surface area contributed by atoms with E-state index >= 15 is 0 Å². The van der Waals surface area contributed by atoms with Crippen LogP contribution in [0.5, 0.6) is 0 Å². The van der Waals surface area contributed by atoms with Crippen LogP contribution in [-0.2, 0) is 9.47 Å². The minimum atomic E-state index is -0.163. The number of H-pyrrole nitrogens is 1. The van der Waals surface area contributed by atoms with Gasteiger partial charge in [-0.3, -0.25) is 9.55 Å². The predicted octanol–water partition coefficient (Wildman–Crippen LogP) is 1.02. The van der Waals surface area contributed by atoms with Gasteiger partial charge in [-0.1, -0.05) is 0 Å². The van der Waals surface area contributed by atoms with Crippen LogP contribution in [0, 0.1) is 0 Å². The Balaban J connectivity index is 1.59. The van der Waals surface area contributed by atoms with Crippen molar-refractivity contribution in [3.05, 3.63) is 35.3 Å². The van der Waals surface area contributed by atoms with Crippen LogP contribution in [0.1, 0.15) is 18.9 Å². The number of fused-ring (bicyclic) bond motifs is 2. The van der Waals surface area contributed by atoms with Gasteiger partial charge < -0.3 is 19.4 Å². The number of ether oxygens (including phenoxy) is 2. The van der Waals surface area contributed by atoms with Crippen LogP contribution in [0.4, 0.5) is 5.82 Å². The Hall–Kier alpha value is -3.31. The second-order valence-electron chi connectivity index (χ2n) is 7.78. The minimum Gasteiger partial charge on any atom is -0.381 e. The Morgan fingerprint density at radius 2 is 1.84 bits per heavy atom. The molecular formula is C20H22N8O3. The summed E-state index contributed by atoms with van der Waals surface area (Å²) in [5, 5.41) is 4.40. The summed E-state index contributed by atoms with van der Waals surface area (Å²) in [6.45, 7) is 3.91. The van der Waals surface area contributed by atoms with E-state index in [0.717, 1.165) is 29.7 Å². The van der Waals surface area contributed by atoms with E-state index in [0.29, 0.717) is 56.5 Å². The fourth-order valence-electron chi connectivity index (χ4n) is 4.40. The zero-order valence-corrected chi connectivity index (χ0v) is 16.9. The first kappa shape index (κ1) is 18.5. The summed E-state index contributed by atoms with van der Waals surface area (Å²) < 4.78 is 14.5. The molecule has 0 amide bonds. The molecule has 1 N–H and O–H groups in total. The van der Waals surface area contributed by atoms with Gasteiger partial charge in [0.15, 0.2) is 17.3 Å². The van der Waals surface area contributed by atoms with Crippen LogP contribution >= 0.6 is 0 Å². The van der Waals surface area contributed by atoms with Crippen LogP contribution in [0.3, 0.4) is 0 Å². The molecule has 2 saturated heterocycles. The number of hydrogen-bond donors (Lipinski definition) is 1. The summed E-state index contributed by atoms with van der Waals surface area (Å²) >= 11 is 0. The van der Waals surface area contributed by atoms with Crippen LogP contribution in [0.25, 0.3) is 28.1 Å². The second kappa shape index (κ2) is 7.43. The molecule has 2 aliphatic rings. The van der Waals surface area contributed by atoms with Gasteiger partial charge in [0.1, 0.15) is 5.52 Å². The normalized spacial score (nSPS) is 18.3. The second-order valence-corrected chi connectivity index (χ2v) is 7.78. The lowest BCUT2D eigenvalue weighted by Crippen LogP contribution is -2.37. The van der Waals surface area contributed by atoms with E-state index in [2.05, 4.69) is 20.0 Å². The van der Waals surface area contributed by atoms with E-state index in [4.69, 9.17) is 19.4 Å². The number of imidazole rings is 1. The molecule has 11 heteroatoms. The molecule has 0 aliphatic carbocycles. The SMILES string of the molecule is O=c1[nH]c2c(N3CCOCC3)nc(-c3cnn4ccncc34)nc2n1C1CCOCC1. The molecule has 0 radical (unpaired) electrons. The molecule has 31 heavy (non-hydrogen) atoms. The smallest absolute Gasteiger partial charge is 0.328 e. The quantitative estimate of drug-likeness (QED) is 0.520.